The third kappa shape index (κ3) is 4.30. The summed E-state index contributed by atoms with van der Waals surface area (Å²) in [7, 11) is 0. The van der Waals surface area contributed by atoms with E-state index in [0.29, 0.717) is 12.2 Å². The van der Waals surface area contributed by atoms with Crippen molar-refractivity contribution >= 4 is 24.6 Å². The van der Waals surface area contributed by atoms with E-state index in [0.717, 1.165) is 19.3 Å². The van der Waals surface area contributed by atoms with Crippen LogP contribution in [-0.4, -0.2) is 34.9 Å². The molecule has 0 aromatic heterocycles. The Morgan fingerprint density at radius 1 is 1.25 bits per heavy atom. The van der Waals surface area contributed by atoms with Crippen LogP contribution in [0.1, 0.15) is 32.1 Å². The Morgan fingerprint density at radius 3 is 2.56 bits per heavy atom. The van der Waals surface area contributed by atoms with E-state index in [1.807, 2.05) is 0 Å². The second-order valence-corrected chi connectivity index (χ2v) is 4.37. The summed E-state index contributed by atoms with van der Waals surface area (Å²) < 4.78 is 0. The summed E-state index contributed by atoms with van der Waals surface area (Å²) in [5.74, 6) is -0.123. The van der Waals surface area contributed by atoms with Crippen LogP contribution in [-0.2, 0) is 4.79 Å². The van der Waals surface area contributed by atoms with Crippen molar-refractivity contribution in [2.75, 3.05) is 5.75 Å². The predicted octanol–water partition coefficient (Wildman–Crippen LogP) is 1.00. The highest BCUT2D eigenvalue weighted by molar-refractivity contribution is 7.80. The number of amides is 2. The van der Waals surface area contributed by atoms with Crippen LogP contribution in [0.15, 0.2) is 0 Å². The highest BCUT2D eigenvalue weighted by Gasteiger charge is 2.29. The van der Waals surface area contributed by atoms with Crippen LogP contribution in [0.3, 0.4) is 0 Å². The van der Waals surface area contributed by atoms with Gasteiger partial charge < -0.3 is 15.7 Å². The number of rotatable bonds is 7. The summed E-state index contributed by atoms with van der Waals surface area (Å²) in [4.78, 5) is 21.4. The van der Waals surface area contributed by atoms with Gasteiger partial charge in [0.2, 0.25) is 0 Å². The Hall–Kier alpha value is -0.910. The molecule has 1 aliphatic rings. The first-order chi connectivity index (χ1) is 7.63. The molecular formula is C10H18N2O3S. The summed E-state index contributed by atoms with van der Waals surface area (Å²) in [5.41, 5.74) is 0. The number of carboxylic acids is 1. The topological polar surface area (TPSA) is 78.4 Å². The number of urea groups is 1. The van der Waals surface area contributed by atoms with E-state index >= 15 is 0 Å². The molecule has 0 spiro atoms. The molecule has 2 amide bonds. The Kier molecular flexibility index (Phi) is 5.45. The molecule has 0 radical (unpaired) electrons. The van der Waals surface area contributed by atoms with Crippen molar-refractivity contribution in [1.29, 1.82) is 0 Å². The SMILES string of the molecule is O=C(O)CCCCC[C@@H]1NC(=O)N[C@@H]1CS. The van der Waals surface area contributed by atoms with E-state index in [1.165, 1.54) is 0 Å². The molecule has 0 bridgehead atoms. The van der Waals surface area contributed by atoms with Crippen molar-refractivity contribution in [2.24, 2.45) is 0 Å². The van der Waals surface area contributed by atoms with Crippen LogP contribution in [0.5, 0.6) is 0 Å². The molecule has 0 aromatic rings. The highest BCUT2D eigenvalue weighted by atomic mass is 32.1. The predicted molar refractivity (Wildman–Crippen MR) is 63.8 cm³/mol. The first-order valence-corrected chi connectivity index (χ1v) is 6.16. The minimum atomic E-state index is -0.746. The first kappa shape index (κ1) is 13.2. The molecule has 0 aromatic carbocycles. The van der Waals surface area contributed by atoms with E-state index in [4.69, 9.17) is 5.11 Å². The molecule has 6 heteroatoms. The lowest BCUT2D eigenvalue weighted by Gasteiger charge is -2.15. The molecule has 3 N–H and O–H groups in total. The average Bonchev–Trinajstić information content (AvgIpc) is 2.58. The average molecular weight is 246 g/mol. The number of carboxylic acid groups (broad SMARTS) is 1. The number of aliphatic carboxylic acids is 1. The largest absolute Gasteiger partial charge is 0.481 e. The maximum atomic E-state index is 11.1. The number of hydrogen-bond donors (Lipinski definition) is 4. The van der Waals surface area contributed by atoms with Crippen LogP contribution in [0.2, 0.25) is 0 Å². The molecule has 5 nitrogen and oxygen atoms in total. The summed E-state index contributed by atoms with van der Waals surface area (Å²) in [6.07, 6.45) is 3.63. The van der Waals surface area contributed by atoms with E-state index in [9.17, 15) is 9.59 Å². The standard InChI is InChI=1S/C10H18N2O3S/c13-9(14)5-3-1-2-4-7-8(6-16)12-10(15)11-7/h7-8,16H,1-6H2,(H,13,14)(H2,11,12,15)/t7-,8+/m0/s1. The number of nitrogens with one attached hydrogen (secondary N) is 2. The van der Waals surface area contributed by atoms with Crippen LogP contribution in [0.4, 0.5) is 4.79 Å². The number of carbonyl (C=O) groups excluding carboxylic acids is 1. The molecule has 0 saturated carbocycles. The van der Waals surface area contributed by atoms with Crippen molar-refractivity contribution < 1.29 is 14.7 Å². The molecule has 16 heavy (non-hydrogen) atoms. The van der Waals surface area contributed by atoms with Gasteiger partial charge in [-0.05, 0) is 12.8 Å². The van der Waals surface area contributed by atoms with Gasteiger partial charge in [-0.1, -0.05) is 12.8 Å². The van der Waals surface area contributed by atoms with Gasteiger partial charge >= 0.3 is 12.0 Å². The van der Waals surface area contributed by atoms with E-state index in [1.54, 1.807) is 0 Å². The van der Waals surface area contributed by atoms with Crippen molar-refractivity contribution in [1.82, 2.24) is 10.6 Å². The Labute approximate surface area is 100 Å². The summed E-state index contributed by atoms with van der Waals surface area (Å²) >= 11 is 4.17. The van der Waals surface area contributed by atoms with Crippen molar-refractivity contribution in [3.05, 3.63) is 0 Å². The van der Waals surface area contributed by atoms with Crippen LogP contribution in [0.25, 0.3) is 0 Å². The molecule has 1 aliphatic heterocycles. The van der Waals surface area contributed by atoms with Gasteiger partial charge in [-0.3, -0.25) is 4.79 Å². The van der Waals surface area contributed by atoms with Crippen LogP contribution in [0, 0.1) is 0 Å². The minimum absolute atomic E-state index is 0.0929. The van der Waals surface area contributed by atoms with Crippen LogP contribution < -0.4 is 10.6 Å². The Balaban J connectivity index is 2.12. The fourth-order valence-corrected chi connectivity index (χ4v) is 2.19. The summed E-state index contributed by atoms with van der Waals surface area (Å²) in [6, 6.07) is 0.0970. The van der Waals surface area contributed by atoms with Gasteiger partial charge in [0.25, 0.3) is 0 Å². The zero-order valence-corrected chi connectivity index (χ0v) is 10.0. The number of hydrogen-bond acceptors (Lipinski definition) is 3. The zero-order chi connectivity index (χ0) is 12.0. The fourth-order valence-electron chi connectivity index (χ4n) is 1.84. The zero-order valence-electron chi connectivity index (χ0n) is 9.11. The van der Waals surface area contributed by atoms with Crippen LogP contribution >= 0.6 is 12.6 Å². The molecule has 1 fully saturated rings. The molecule has 92 valence electrons. The molecule has 1 saturated heterocycles. The number of unbranched alkanes of at least 4 members (excludes halogenated alkanes) is 2. The van der Waals surface area contributed by atoms with Crippen molar-refractivity contribution in [3.63, 3.8) is 0 Å². The fraction of sp³-hybridized carbons (Fsp3) is 0.800. The lowest BCUT2D eigenvalue weighted by atomic mass is 10.0. The second kappa shape index (κ2) is 6.62. The van der Waals surface area contributed by atoms with E-state index < -0.39 is 5.97 Å². The Bertz CT molecular complexity index is 260. The molecule has 1 heterocycles. The van der Waals surface area contributed by atoms with Crippen molar-refractivity contribution in [2.45, 2.75) is 44.2 Å². The smallest absolute Gasteiger partial charge is 0.315 e. The number of carbonyl (C=O) groups is 2. The Morgan fingerprint density at radius 2 is 1.94 bits per heavy atom. The van der Waals surface area contributed by atoms with Gasteiger partial charge in [0.15, 0.2) is 0 Å². The van der Waals surface area contributed by atoms with E-state index in [2.05, 4.69) is 23.3 Å². The molecule has 0 aliphatic carbocycles. The van der Waals surface area contributed by atoms with Gasteiger partial charge in [-0.25, -0.2) is 4.79 Å². The first-order valence-electron chi connectivity index (χ1n) is 5.53. The highest BCUT2D eigenvalue weighted by Crippen LogP contribution is 2.12. The minimum Gasteiger partial charge on any atom is -0.481 e. The van der Waals surface area contributed by atoms with Gasteiger partial charge in [0, 0.05) is 12.2 Å². The quantitative estimate of drug-likeness (QED) is 0.400. The molecule has 1 rings (SSSR count). The monoisotopic (exact) mass is 246 g/mol. The number of thiol groups is 1. The summed E-state index contributed by atoms with van der Waals surface area (Å²) in [5, 5.41) is 14.1. The molecule has 2 atom stereocenters. The van der Waals surface area contributed by atoms with Crippen molar-refractivity contribution in [3.8, 4) is 0 Å². The third-order valence-corrected chi connectivity index (χ3v) is 3.11. The lowest BCUT2D eigenvalue weighted by molar-refractivity contribution is -0.137. The van der Waals surface area contributed by atoms with Gasteiger partial charge in [0.05, 0.1) is 12.1 Å². The third-order valence-electron chi connectivity index (χ3n) is 2.72. The van der Waals surface area contributed by atoms with Gasteiger partial charge in [0.1, 0.15) is 0 Å². The van der Waals surface area contributed by atoms with Gasteiger partial charge in [-0.2, -0.15) is 12.6 Å². The maximum Gasteiger partial charge on any atom is 0.315 e. The van der Waals surface area contributed by atoms with E-state index in [-0.39, 0.29) is 24.5 Å². The molecule has 0 unspecified atom stereocenters. The second-order valence-electron chi connectivity index (χ2n) is 4.01. The maximum absolute atomic E-state index is 11.1. The summed E-state index contributed by atoms with van der Waals surface area (Å²) in [6.45, 7) is 0. The normalized spacial score (nSPS) is 23.9. The lowest BCUT2D eigenvalue weighted by Crippen LogP contribution is -2.34. The molecular weight excluding hydrogens is 228 g/mol. The van der Waals surface area contributed by atoms with Gasteiger partial charge in [-0.15, -0.1) is 0 Å².